The van der Waals surface area contributed by atoms with Gasteiger partial charge >= 0.3 is 0 Å². The summed E-state index contributed by atoms with van der Waals surface area (Å²) in [5.74, 6) is 1.08. The minimum Gasteiger partial charge on any atom is -0.485 e. The lowest BCUT2D eigenvalue weighted by atomic mass is 10.2. The Bertz CT molecular complexity index is 613. The third-order valence-corrected chi connectivity index (χ3v) is 3.46. The summed E-state index contributed by atoms with van der Waals surface area (Å²) >= 11 is 5.93. The molecule has 2 rings (SSSR count). The number of hydrogen-bond acceptors (Lipinski definition) is 3. The summed E-state index contributed by atoms with van der Waals surface area (Å²) in [5, 5.41) is 3.80. The van der Waals surface area contributed by atoms with Gasteiger partial charge in [0.2, 0.25) is 0 Å². The first-order valence-electron chi connectivity index (χ1n) is 6.78. The molecule has 0 atom stereocenters. The Kier molecular flexibility index (Phi) is 5.20. The lowest BCUT2D eigenvalue weighted by Gasteiger charge is -2.14. The van der Waals surface area contributed by atoms with Crippen LogP contribution in [0.4, 0.5) is 4.39 Å². The fourth-order valence-electron chi connectivity index (χ4n) is 1.84. The molecule has 21 heavy (non-hydrogen) atoms. The zero-order chi connectivity index (χ0) is 15.4. The van der Waals surface area contributed by atoms with E-state index >= 15 is 0 Å². The second-order valence-corrected chi connectivity index (χ2v) is 5.52. The number of ether oxygens (including phenoxy) is 1. The number of rotatable bonds is 6. The number of imidazole rings is 1. The smallest absolute Gasteiger partial charge is 0.147 e. The summed E-state index contributed by atoms with van der Waals surface area (Å²) in [7, 11) is 1.82. The Morgan fingerprint density at radius 3 is 2.81 bits per heavy atom. The lowest BCUT2D eigenvalue weighted by molar-refractivity contribution is 0.287. The molecule has 1 aromatic carbocycles. The van der Waals surface area contributed by atoms with Gasteiger partial charge < -0.3 is 14.6 Å². The molecule has 0 bridgehead atoms. The van der Waals surface area contributed by atoms with Crippen molar-refractivity contribution in [3.8, 4) is 5.75 Å². The number of nitrogens with zero attached hydrogens (tertiary/aromatic N) is 2. The molecule has 0 fully saturated rings. The third-order valence-electron chi connectivity index (χ3n) is 3.11. The van der Waals surface area contributed by atoms with Crippen LogP contribution in [-0.2, 0) is 20.2 Å². The Morgan fingerprint density at radius 2 is 2.19 bits per heavy atom. The zero-order valence-corrected chi connectivity index (χ0v) is 13.1. The first kappa shape index (κ1) is 15.8. The van der Waals surface area contributed by atoms with Gasteiger partial charge in [0.05, 0.1) is 6.20 Å². The van der Waals surface area contributed by atoms with E-state index in [0.29, 0.717) is 29.3 Å². The molecule has 4 nitrogen and oxygen atoms in total. The predicted octanol–water partition coefficient (Wildman–Crippen LogP) is 3.29. The second-order valence-electron chi connectivity index (χ2n) is 5.13. The van der Waals surface area contributed by atoms with Gasteiger partial charge in [-0.3, -0.25) is 0 Å². The van der Waals surface area contributed by atoms with Crippen LogP contribution >= 0.6 is 11.6 Å². The Morgan fingerprint density at radius 1 is 1.43 bits per heavy atom. The van der Waals surface area contributed by atoms with Crippen LogP contribution in [0.25, 0.3) is 0 Å². The van der Waals surface area contributed by atoms with Crippen LogP contribution in [0.3, 0.4) is 0 Å². The van der Waals surface area contributed by atoms with Crippen molar-refractivity contribution in [3.05, 3.63) is 46.8 Å². The molecule has 6 heteroatoms. The van der Waals surface area contributed by atoms with E-state index in [4.69, 9.17) is 16.3 Å². The summed E-state index contributed by atoms with van der Waals surface area (Å²) in [6.45, 7) is 4.90. The van der Waals surface area contributed by atoms with Crippen molar-refractivity contribution in [3.63, 3.8) is 0 Å². The molecule has 0 amide bonds. The Balaban J connectivity index is 2.10. The Hall–Kier alpha value is -1.59. The van der Waals surface area contributed by atoms with Crippen molar-refractivity contribution in [2.24, 2.45) is 7.05 Å². The lowest BCUT2D eigenvalue weighted by Crippen LogP contribution is -2.22. The number of nitrogens with one attached hydrogen (secondary N) is 1. The van der Waals surface area contributed by atoms with Crippen LogP contribution in [0.2, 0.25) is 5.15 Å². The van der Waals surface area contributed by atoms with E-state index in [2.05, 4.69) is 10.3 Å². The highest BCUT2D eigenvalue weighted by Crippen LogP contribution is 2.21. The highest BCUT2D eigenvalue weighted by molar-refractivity contribution is 6.29. The SMILES string of the molecule is CC(C)NCc1cc(F)ccc1OCc1ncc(Cl)n1C. The number of aromatic nitrogens is 2. The molecule has 0 saturated carbocycles. The monoisotopic (exact) mass is 311 g/mol. The van der Waals surface area contributed by atoms with Crippen molar-refractivity contribution in [2.75, 3.05) is 0 Å². The van der Waals surface area contributed by atoms with Crippen molar-refractivity contribution in [1.82, 2.24) is 14.9 Å². The summed E-state index contributed by atoms with van der Waals surface area (Å²) in [4.78, 5) is 4.17. The number of halogens is 2. The van der Waals surface area contributed by atoms with Crippen LogP contribution in [-0.4, -0.2) is 15.6 Å². The second kappa shape index (κ2) is 6.91. The minimum atomic E-state index is -0.275. The normalized spacial score (nSPS) is 11.1. The first-order valence-corrected chi connectivity index (χ1v) is 7.16. The summed E-state index contributed by atoms with van der Waals surface area (Å²) < 4.78 is 20.9. The molecule has 0 spiro atoms. The molecule has 0 aliphatic rings. The highest BCUT2D eigenvalue weighted by Gasteiger charge is 2.09. The van der Waals surface area contributed by atoms with Crippen LogP contribution in [0.1, 0.15) is 25.2 Å². The maximum atomic E-state index is 13.4. The van der Waals surface area contributed by atoms with Crippen molar-refractivity contribution in [2.45, 2.75) is 33.0 Å². The van der Waals surface area contributed by atoms with E-state index < -0.39 is 0 Å². The van der Waals surface area contributed by atoms with Gasteiger partial charge in [0.25, 0.3) is 0 Å². The fraction of sp³-hybridized carbons (Fsp3) is 0.400. The fourth-order valence-corrected chi connectivity index (χ4v) is 1.99. The molecule has 0 unspecified atom stereocenters. The molecular formula is C15H19ClFN3O. The molecule has 0 saturated heterocycles. The Labute approximate surface area is 128 Å². The third kappa shape index (κ3) is 4.19. The maximum Gasteiger partial charge on any atom is 0.147 e. The zero-order valence-electron chi connectivity index (χ0n) is 12.4. The summed E-state index contributed by atoms with van der Waals surface area (Å²) in [6.07, 6.45) is 1.58. The van der Waals surface area contributed by atoms with Gasteiger partial charge in [0.1, 0.15) is 29.2 Å². The highest BCUT2D eigenvalue weighted by atomic mass is 35.5. The standard InChI is InChI=1S/C15H19ClFN3O/c1-10(2)18-7-11-6-12(17)4-5-13(11)21-9-15-19-8-14(16)20(15)3/h4-6,8,10,18H,7,9H2,1-3H3. The first-order chi connectivity index (χ1) is 9.97. The largest absolute Gasteiger partial charge is 0.485 e. The van der Waals surface area contributed by atoms with E-state index in [0.717, 1.165) is 5.56 Å². The van der Waals surface area contributed by atoms with Gasteiger partial charge in [-0.05, 0) is 18.2 Å². The average Bonchev–Trinajstić information content (AvgIpc) is 2.75. The minimum absolute atomic E-state index is 0.275. The predicted molar refractivity (Wildman–Crippen MR) is 80.9 cm³/mol. The maximum absolute atomic E-state index is 13.4. The van der Waals surface area contributed by atoms with Crippen molar-refractivity contribution >= 4 is 11.6 Å². The quantitative estimate of drug-likeness (QED) is 0.890. The van der Waals surface area contributed by atoms with Crippen LogP contribution in [0, 0.1) is 5.82 Å². The van der Waals surface area contributed by atoms with Gasteiger partial charge in [-0.25, -0.2) is 9.37 Å². The molecular weight excluding hydrogens is 293 g/mol. The van der Waals surface area contributed by atoms with E-state index in [1.165, 1.54) is 12.1 Å². The molecule has 114 valence electrons. The number of benzene rings is 1. The van der Waals surface area contributed by atoms with E-state index in [1.807, 2.05) is 20.9 Å². The van der Waals surface area contributed by atoms with Crippen molar-refractivity contribution < 1.29 is 9.13 Å². The van der Waals surface area contributed by atoms with Gasteiger partial charge in [-0.15, -0.1) is 0 Å². The van der Waals surface area contributed by atoms with E-state index in [-0.39, 0.29) is 12.4 Å². The van der Waals surface area contributed by atoms with Crippen molar-refractivity contribution in [1.29, 1.82) is 0 Å². The van der Waals surface area contributed by atoms with E-state index in [9.17, 15) is 4.39 Å². The number of hydrogen-bond donors (Lipinski definition) is 1. The van der Waals surface area contributed by atoms with Gasteiger partial charge in [-0.1, -0.05) is 25.4 Å². The molecule has 0 aliphatic carbocycles. The topological polar surface area (TPSA) is 39.1 Å². The molecule has 1 aromatic heterocycles. The van der Waals surface area contributed by atoms with Crippen LogP contribution in [0.5, 0.6) is 5.75 Å². The van der Waals surface area contributed by atoms with Crippen LogP contribution in [0.15, 0.2) is 24.4 Å². The molecule has 1 heterocycles. The molecule has 0 aliphatic heterocycles. The summed E-state index contributed by atoms with van der Waals surface area (Å²) in [6, 6.07) is 4.82. The van der Waals surface area contributed by atoms with Gasteiger partial charge in [0.15, 0.2) is 0 Å². The molecule has 1 N–H and O–H groups in total. The van der Waals surface area contributed by atoms with Gasteiger partial charge in [-0.2, -0.15) is 0 Å². The molecule has 2 aromatic rings. The van der Waals surface area contributed by atoms with E-state index in [1.54, 1.807) is 16.8 Å². The van der Waals surface area contributed by atoms with Gasteiger partial charge in [0, 0.05) is 25.2 Å². The van der Waals surface area contributed by atoms with Crippen LogP contribution < -0.4 is 10.1 Å². The average molecular weight is 312 g/mol. The summed E-state index contributed by atoms with van der Waals surface area (Å²) in [5.41, 5.74) is 0.781. The molecule has 0 radical (unpaired) electrons.